The van der Waals surface area contributed by atoms with Gasteiger partial charge in [0.2, 0.25) is 0 Å². The van der Waals surface area contributed by atoms with Gasteiger partial charge >= 0.3 is 5.97 Å². The molecule has 0 saturated heterocycles. The van der Waals surface area contributed by atoms with Crippen molar-refractivity contribution < 1.29 is 14.3 Å². The van der Waals surface area contributed by atoms with Gasteiger partial charge in [-0.2, -0.15) is 9.61 Å². The lowest BCUT2D eigenvalue weighted by Crippen LogP contribution is -2.29. The minimum absolute atomic E-state index is 0.161. The van der Waals surface area contributed by atoms with Crippen molar-refractivity contribution in [2.75, 3.05) is 32.6 Å². The Hall–Kier alpha value is -3.85. The van der Waals surface area contributed by atoms with Crippen LogP contribution in [-0.4, -0.2) is 66.5 Å². The Kier molecular flexibility index (Phi) is 7.36. The van der Waals surface area contributed by atoms with E-state index < -0.39 is 5.97 Å². The van der Waals surface area contributed by atoms with Gasteiger partial charge in [0.15, 0.2) is 5.65 Å². The lowest BCUT2D eigenvalue weighted by molar-refractivity contribution is 0.0600. The molecule has 0 aliphatic heterocycles. The van der Waals surface area contributed by atoms with Crippen LogP contribution in [0.5, 0.6) is 0 Å². The number of hydrogen-bond donors (Lipinski definition) is 1. The fourth-order valence-corrected chi connectivity index (χ4v) is 3.99. The second-order valence-electron chi connectivity index (χ2n) is 8.15. The average Bonchev–Trinajstić information content (AvgIpc) is 3.26. The van der Waals surface area contributed by atoms with Crippen molar-refractivity contribution >= 4 is 48.3 Å². The second-order valence-corrected chi connectivity index (χ2v) is 8.56. The third-order valence-corrected chi connectivity index (χ3v) is 5.98. The zero-order chi connectivity index (χ0) is 24.9. The largest absolute Gasteiger partial charge is 0.465 e. The fourth-order valence-electron chi connectivity index (χ4n) is 3.76. The van der Waals surface area contributed by atoms with E-state index in [0.29, 0.717) is 35.7 Å². The van der Waals surface area contributed by atoms with E-state index >= 15 is 0 Å². The Morgan fingerprint density at radius 1 is 1.14 bits per heavy atom. The van der Waals surface area contributed by atoms with Gasteiger partial charge in [0, 0.05) is 48.5 Å². The Morgan fingerprint density at radius 3 is 2.69 bits per heavy atom. The van der Waals surface area contributed by atoms with Gasteiger partial charge in [-0.3, -0.25) is 4.79 Å². The predicted molar refractivity (Wildman–Crippen MR) is 139 cm³/mol. The summed E-state index contributed by atoms with van der Waals surface area (Å²) in [7, 11) is 5.02. The lowest BCUT2D eigenvalue weighted by Gasteiger charge is -2.18. The number of aromatic nitrogens is 3. The number of methoxy groups -OCH3 is 1. The van der Waals surface area contributed by atoms with Gasteiger partial charge in [0.05, 0.1) is 18.4 Å². The summed E-state index contributed by atoms with van der Waals surface area (Å²) in [5, 5.41) is 8.49. The first kappa shape index (κ1) is 24.3. The molecular weight excluding hydrogens is 465 g/mol. The quantitative estimate of drug-likeness (QED) is 0.233. The number of benzene rings is 2. The molecule has 0 aliphatic rings. The number of carbonyl (C=O) groups is 2. The average molecular weight is 490 g/mol. The lowest BCUT2D eigenvalue weighted by atomic mass is 10.0. The van der Waals surface area contributed by atoms with Crippen LogP contribution in [0.4, 0.5) is 5.82 Å². The number of esters is 1. The zero-order valence-corrected chi connectivity index (χ0v) is 20.5. The number of carbonyl (C=O) groups excluding carboxylic acids is 2. The highest BCUT2D eigenvalue weighted by atomic mass is 35.5. The van der Waals surface area contributed by atoms with Crippen molar-refractivity contribution in [1.29, 1.82) is 0 Å². The Labute approximate surface area is 209 Å². The Bertz CT molecular complexity index is 1390. The smallest absolute Gasteiger partial charge is 0.337 e. The number of ether oxygens (including phenoxy) is 1. The van der Waals surface area contributed by atoms with Crippen molar-refractivity contribution in [3.05, 3.63) is 76.9 Å². The van der Waals surface area contributed by atoms with Crippen molar-refractivity contribution in [2.45, 2.75) is 6.42 Å². The van der Waals surface area contributed by atoms with E-state index in [2.05, 4.69) is 10.4 Å². The van der Waals surface area contributed by atoms with E-state index in [-0.39, 0.29) is 5.91 Å². The third-order valence-electron chi connectivity index (χ3n) is 5.65. The predicted octanol–water partition coefficient (Wildman–Crippen LogP) is 2.67. The van der Waals surface area contributed by atoms with Gasteiger partial charge in [-0.05, 0) is 36.1 Å². The maximum atomic E-state index is 12.8. The van der Waals surface area contributed by atoms with Crippen LogP contribution in [0.3, 0.4) is 0 Å². The molecule has 2 aromatic carbocycles. The molecule has 0 unspecified atom stereocenters. The van der Waals surface area contributed by atoms with Gasteiger partial charge in [-0.1, -0.05) is 35.9 Å². The highest BCUT2D eigenvalue weighted by Gasteiger charge is 2.15. The normalized spacial score (nSPS) is 10.8. The first-order valence-electron chi connectivity index (χ1n) is 11.2. The standard InChI is InChI=1S/C25H25BClN5O3/c1-31(24(33)16-7-5-8-17(13-16)25(34)35-2)12-6-11-28-22-14-21(18-9-3-4-10-20(18)27)30-23-19(26)15-29-32(22)23/h3-5,7-10,13-15,28H,6,11-12,26H2,1-2H3. The molecule has 1 amide bonds. The summed E-state index contributed by atoms with van der Waals surface area (Å²) >= 11 is 6.41. The van der Waals surface area contributed by atoms with Crippen LogP contribution < -0.4 is 10.8 Å². The molecular formula is C25H25BClN5O3. The van der Waals surface area contributed by atoms with E-state index in [0.717, 1.165) is 28.2 Å². The molecule has 0 bridgehead atoms. The number of nitrogens with zero attached hydrogens (tertiary/aromatic N) is 4. The highest BCUT2D eigenvalue weighted by molar-refractivity contribution is 6.36. The Balaban J connectivity index is 1.43. The molecule has 0 aliphatic carbocycles. The van der Waals surface area contributed by atoms with Gasteiger partial charge in [0.1, 0.15) is 13.7 Å². The molecule has 0 fully saturated rings. The summed E-state index contributed by atoms with van der Waals surface area (Å²) < 4.78 is 6.50. The highest BCUT2D eigenvalue weighted by Crippen LogP contribution is 2.28. The minimum atomic E-state index is -0.472. The van der Waals surface area contributed by atoms with Crippen LogP contribution in [0.15, 0.2) is 60.8 Å². The first-order valence-corrected chi connectivity index (χ1v) is 11.5. The van der Waals surface area contributed by atoms with Gasteiger partial charge in [-0.25, -0.2) is 9.78 Å². The molecule has 2 aromatic heterocycles. The van der Waals surface area contributed by atoms with Crippen LogP contribution in [0.25, 0.3) is 16.9 Å². The topological polar surface area (TPSA) is 88.8 Å². The number of halogens is 1. The summed E-state index contributed by atoms with van der Waals surface area (Å²) in [5.74, 6) is 0.156. The van der Waals surface area contributed by atoms with Gasteiger partial charge < -0.3 is 15.0 Å². The summed E-state index contributed by atoms with van der Waals surface area (Å²) in [6.07, 6.45) is 2.48. The van der Waals surface area contributed by atoms with E-state index in [9.17, 15) is 9.59 Å². The number of amides is 1. The molecule has 10 heteroatoms. The summed E-state index contributed by atoms with van der Waals surface area (Å²) in [6, 6.07) is 16.0. The minimum Gasteiger partial charge on any atom is -0.465 e. The van der Waals surface area contributed by atoms with Crippen LogP contribution in [0.1, 0.15) is 27.1 Å². The number of fused-ring (bicyclic) bond motifs is 1. The van der Waals surface area contributed by atoms with E-state index in [4.69, 9.17) is 21.3 Å². The monoisotopic (exact) mass is 489 g/mol. The van der Waals surface area contributed by atoms with Crippen molar-refractivity contribution in [3.63, 3.8) is 0 Å². The Morgan fingerprint density at radius 2 is 1.91 bits per heavy atom. The molecule has 4 aromatic rings. The van der Waals surface area contributed by atoms with Crippen molar-refractivity contribution in [3.8, 4) is 11.3 Å². The van der Waals surface area contributed by atoms with Crippen LogP contribution in [-0.2, 0) is 4.74 Å². The molecule has 35 heavy (non-hydrogen) atoms. The second kappa shape index (κ2) is 10.6. The maximum Gasteiger partial charge on any atom is 0.337 e. The first-order chi connectivity index (χ1) is 16.9. The number of rotatable bonds is 8. The molecule has 0 spiro atoms. The van der Waals surface area contributed by atoms with Crippen LogP contribution in [0, 0.1) is 0 Å². The van der Waals surface area contributed by atoms with Gasteiger partial charge in [-0.15, -0.1) is 0 Å². The molecule has 4 rings (SSSR count). The molecule has 1 N–H and O–H groups in total. The SMILES string of the molecule is Bc1cnn2c(NCCCN(C)C(=O)c3cccc(C(=O)OC)c3)cc(-c3ccccc3Cl)nc12. The van der Waals surface area contributed by atoms with E-state index in [1.165, 1.54) is 7.11 Å². The number of anilines is 1. The zero-order valence-electron chi connectivity index (χ0n) is 19.8. The summed E-state index contributed by atoms with van der Waals surface area (Å²) in [5.41, 5.74) is 4.10. The van der Waals surface area contributed by atoms with E-state index in [1.54, 1.807) is 46.9 Å². The van der Waals surface area contributed by atoms with Gasteiger partial charge in [0.25, 0.3) is 5.91 Å². The molecule has 0 radical (unpaired) electrons. The number of hydrogen-bond acceptors (Lipinski definition) is 6. The third kappa shape index (κ3) is 5.30. The van der Waals surface area contributed by atoms with Crippen molar-refractivity contribution in [1.82, 2.24) is 19.5 Å². The van der Waals surface area contributed by atoms with Crippen LogP contribution in [0.2, 0.25) is 5.02 Å². The maximum absolute atomic E-state index is 12.8. The van der Waals surface area contributed by atoms with Crippen LogP contribution >= 0.6 is 11.6 Å². The summed E-state index contributed by atoms with van der Waals surface area (Å²) in [4.78, 5) is 30.9. The number of nitrogens with one attached hydrogen (secondary N) is 1. The molecule has 0 atom stereocenters. The van der Waals surface area contributed by atoms with E-state index in [1.807, 2.05) is 38.2 Å². The molecule has 8 nitrogen and oxygen atoms in total. The molecule has 0 saturated carbocycles. The molecule has 178 valence electrons. The fraction of sp³-hybridized carbons (Fsp3) is 0.200. The molecule has 2 heterocycles. The summed E-state index contributed by atoms with van der Waals surface area (Å²) in [6.45, 7) is 1.14. The van der Waals surface area contributed by atoms with Crippen molar-refractivity contribution in [2.24, 2.45) is 0 Å².